The number of benzene rings is 2. The number of thiazole rings is 1. The Hall–Kier alpha value is -3.50. The Kier molecular flexibility index (Phi) is 5.24. The van der Waals surface area contributed by atoms with Crippen LogP contribution < -0.4 is 5.56 Å². The molecule has 10 heteroatoms. The highest BCUT2D eigenvalue weighted by atomic mass is 32.2. The molecule has 0 aliphatic rings. The predicted molar refractivity (Wildman–Crippen MR) is 124 cm³/mol. The molecule has 0 fully saturated rings. The SMILES string of the molecule is COC(=O)c1ccc(-c2nc(CSc3nnc4n(C)c(=O)c5ccccc5n34)cs2)cc1. The van der Waals surface area contributed by atoms with E-state index >= 15 is 0 Å². The summed E-state index contributed by atoms with van der Waals surface area (Å²) in [7, 11) is 3.06. The monoisotopic (exact) mass is 463 g/mol. The Morgan fingerprint density at radius 1 is 1.12 bits per heavy atom. The maximum atomic E-state index is 12.6. The summed E-state index contributed by atoms with van der Waals surface area (Å²) in [5.74, 6) is 0.744. The van der Waals surface area contributed by atoms with Gasteiger partial charge in [0.2, 0.25) is 5.78 Å². The van der Waals surface area contributed by atoms with Crippen LogP contribution in [0.1, 0.15) is 16.1 Å². The maximum Gasteiger partial charge on any atom is 0.337 e. The summed E-state index contributed by atoms with van der Waals surface area (Å²) in [6, 6.07) is 14.6. The third-order valence-electron chi connectivity index (χ3n) is 5.05. The Bertz CT molecular complexity index is 1520. The van der Waals surface area contributed by atoms with Gasteiger partial charge in [-0.3, -0.25) is 13.8 Å². The number of nitrogens with zero attached hydrogens (tertiary/aromatic N) is 5. The second-order valence-corrected chi connectivity index (χ2v) is 8.80. The number of carbonyl (C=O) groups excluding carboxylic acids is 1. The third-order valence-corrected chi connectivity index (χ3v) is 6.95. The van der Waals surface area contributed by atoms with Gasteiger partial charge in [-0.15, -0.1) is 21.5 Å². The topological polar surface area (TPSA) is 91.4 Å². The number of hydrogen-bond acceptors (Lipinski definition) is 8. The van der Waals surface area contributed by atoms with Crippen molar-refractivity contribution in [2.75, 3.05) is 7.11 Å². The quantitative estimate of drug-likeness (QED) is 0.289. The van der Waals surface area contributed by atoms with E-state index in [1.165, 1.54) is 23.4 Å². The van der Waals surface area contributed by atoms with E-state index in [-0.39, 0.29) is 11.5 Å². The molecule has 8 nitrogen and oxygen atoms in total. The highest BCUT2D eigenvalue weighted by molar-refractivity contribution is 7.98. The van der Waals surface area contributed by atoms with Gasteiger partial charge in [0.15, 0.2) is 5.16 Å². The zero-order valence-electron chi connectivity index (χ0n) is 17.2. The normalized spacial score (nSPS) is 11.3. The van der Waals surface area contributed by atoms with Crippen LogP contribution in [0.25, 0.3) is 27.3 Å². The van der Waals surface area contributed by atoms with E-state index in [1.807, 2.05) is 46.2 Å². The van der Waals surface area contributed by atoms with Gasteiger partial charge >= 0.3 is 5.97 Å². The minimum atomic E-state index is -0.363. The molecule has 0 amide bonds. The van der Waals surface area contributed by atoms with E-state index < -0.39 is 0 Å². The van der Waals surface area contributed by atoms with Crippen molar-refractivity contribution in [2.24, 2.45) is 7.05 Å². The summed E-state index contributed by atoms with van der Waals surface area (Å²) in [6.45, 7) is 0. The average Bonchev–Trinajstić information content (AvgIpc) is 3.48. The smallest absolute Gasteiger partial charge is 0.337 e. The largest absolute Gasteiger partial charge is 0.465 e. The Morgan fingerprint density at radius 2 is 1.91 bits per heavy atom. The summed E-state index contributed by atoms with van der Waals surface area (Å²) in [5.41, 5.74) is 3.04. The third kappa shape index (κ3) is 3.47. The number of hydrogen-bond donors (Lipinski definition) is 0. The van der Waals surface area contributed by atoms with E-state index in [0.717, 1.165) is 21.8 Å². The minimum absolute atomic E-state index is 0.0978. The van der Waals surface area contributed by atoms with E-state index in [1.54, 1.807) is 30.5 Å². The Labute approximate surface area is 190 Å². The lowest BCUT2D eigenvalue weighted by atomic mass is 10.1. The lowest BCUT2D eigenvalue weighted by Gasteiger charge is -2.07. The van der Waals surface area contributed by atoms with Crippen LogP contribution in [0.15, 0.2) is 63.9 Å². The van der Waals surface area contributed by atoms with Gasteiger partial charge in [-0.05, 0) is 24.3 Å². The van der Waals surface area contributed by atoms with Gasteiger partial charge in [0.1, 0.15) is 5.01 Å². The number of aromatic nitrogens is 5. The lowest BCUT2D eigenvalue weighted by molar-refractivity contribution is 0.0601. The molecule has 0 unspecified atom stereocenters. The first kappa shape index (κ1) is 20.4. The van der Waals surface area contributed by atoms with Crippen LogP contribution >= 0.6 is 23.1 Å². The summed E-state index contributed by atoms with van der Waals surface area (Å²) in [6.07, 6.45) is 0. The van der Waals surface area contributed by atoms with Crippen LogP contribution in [0.4, 0.5) is 0 Å². The van der Waals surface area contributed by atoms with Crippen molar-refractivity contribution in [1.29, 1.82) is 0 Å². The number of methoxy groups -OCH3 is 1. The summed E-state index contributed by atoms with van der Waals surface area (Å²) in [5, 5.41) is 12.7. The number of carbonyl (C=O) groups is 1. The van der Waals surface area contributed by atoms with Crippen molar-refractivity contribution in [2.45, 2.75) is 10.9 Å². The van der Waals surface area contributed by atoms with Gasteiger partial charge in [0.05, 0.1) is 29.3 Å². The standard InChI is InChI=1S/C22H17N5O3S2/c1-26-19(28)16-5-3-4-6-17(16)27-21(26)24-25-22(27)32-12-15-11-31-18(23-15)13-7-9-14(10-8-13)20(29)30-2/h3-11H,12H2,1-2H3. The molecule has 0 N–H and O–H groups in total. The van der Waals surface area contributed by atoms with Crippen molar-refractivity contribution in [3.05, 3.63) is 75.5 Å². The van der Waals surface area contributed by atoms with Crippen LogP contribution in [-0.4, -0.2) is 37.2 Å². The van der Waals surface area contributed by atoms with Crippen molar-refractivity contribution >= 4 is 45.7 Å². The van der Waals surface area contributed by atoms with E-state index in [4.69, 9.17) is 9.72 Å². The molecular formula is C22H17N5O3S2. The molecule has 3 heterocycles. The molecule has 32 heavy (non-hydrogen) atoms. The second kappa shape index (κ2) is 8.21. The molecule has 0 bridgehead atoms. The second-order valence-electron chi connectivity index (χ2n) is 7.00. The minimum Gasteiger partial charge on any atom is -0.465 e. The van der Waals surface area contributed by atoms with Gasteiger partial charge in [-0.1, -0.05) is 36.0 Å². The first-order chi connectivity index (χ1) is 15.6. The molecule has 5 rings (SSSR count). The van der Waals surface area contributed by atoms with Crippen LogP contribution in [0.2, 0.25) is 0 Å². The molecular weight excluding hydrogens is 446 g/mol. The molecule has 0 aliphatic carbocycles. The molecule has 5 aromatic rings. The lowest BCUT2D eigenvalue weighted by Crippen LogP contribution is -2.20. The molecule has 0 saturated heterocycles. The fourth-order valence-corrected chi connectivity index (χ4v) is 5.18. The number of fused-ring (bicyclic) bond motifs is 3. The average molecular weight is 464 g/mol. The van der Waals surface area contributed by atoms with Crippen LogP contribution in [0, 0.1) is 0 Å². The molecule has 0 atom stereocenters. The van der Waals surface area contributed by atoms with Crippen molar-refractivity contribution in [3.63, 3.8) is 0 Å². The molecule has 0 saturated carbocycles. The predicted octanol–water partition coefficient (Wildman–Crippen LogP) is 3.78. The van der Waals surface area contributed by atoms with Gasteiger partial charge in [-0.25, -0.2) is 9.78 Å². The van der Waals surface area contributed by atoms with Gasteiger partial charge < -0.3 is 4.74 Å². The summed E-state index contributed by atoms with van der Waals surface area (Å²) >= 11 is 3.06. The van der Waals surface area contributed by atoms with Crippen molar-refractivity contribution < 1.29 is 9.53 Å². The number of ether oxygens (including phenoxy) is 1. The Morgan fingerprint density at radius 3 is 2.69 bits per heavy atom. The zero-order chi connectivity index (χ0) is 22.2. The van der Waals surface area contributed by atoms with Crippen molar-refractivity contribution in [3.8, 4) is 10.6 Å². The molecule has 0 spiro atoms. The summed E-state index contributed by atoms with van der Waals surface area (Å²) in [4.78, 5) is 28.9. The number of para-hydroxylation sites is 1. The Balaban J connectivity index is 1.41. The number of thioether (sulfide) groups is 1. The molecule has 160 valence electrons. The first-order valence-corrected chi connectivity index (χ1v) is 11.5. The molecule has 0 aliphatic heterocycles. The van der Waals surface area contributed by atoms with E-state index in [0.29, 0.717) is 27.6 Å². The van der Waals surface area contributed by atoms with E-state index in [2.05, 4.69) is 10.2 Å². The fraction of sp³-hybridized carbons (Fsp3) is 0.136. The fourth-order valence-electron chi connectivity index (χ4n) is 3.42. The highest BCUT2D eigenvalue weighted by Crippen LogP contribution is 2.28. The van der Waals surface area contributed by atoms with Crippen LogP contribution in [-0.2, 0) is 17.5 Å². The van der Waals surface area contributed by atoms with Crippen LogP contribution in [0.3, 0.4) is 0 Å². The van der Waals surface area contributed by atoms with Gasteiger partial charge in [0.25, 0.3) is 5.56 Å². The number of aryl methyl sites for hydroxylation is 1. The zero-order valence-corrected chi connectivity index (χ0v) is 18.8. The highest BCUT2D eigenvalue weighted by Gasteiger charge is 2.15. The summed E-state index contributed by atoms with van der Waals surface area (Å²) < 4.78 is 8.15. The molecule has 2 aromatic carbocycles. The van der Waals surface area contributed by atoms with Gasteiger partial charge in [0, 0.05) is 23.7 Å². The number of esters is 1. The van der Waals surface area contributed by atoms with Gasteiger partial charge in [-0.2, -0.15) is 0 Å². The first-order valence-electron chi connectivity index (χ1n) is 9.65. The maximum absolute atomic E-state index is 12.6. The van der Waals surface area contributed by atoms with Crippen LogP contribution in [0.5, 0.6) is 0 Å². The van der Waals surface area contributed by atoms with E-state index in [9.17, 15) is 9.59 Å². The van der Waals surface area contributed by atoms with Crippen molar-refractivity contribution in [1.82, 2.24) is 24.1 Å². The molecule has 0 radical (unpaired) electrons. The molecule has 3 aromatic heterocycles. The number of rotatable bonds is 5.